The van der Waals surface area contributed by atoms with Crippen molar-refractivity contribution in [1.29, 1.82) is 0 Å². The predicted molar refractivity (Wildman–Crippen MR) is 198 cm³/mol. The number of pyridine rings is 1. The SMILES string of the molecule is COCOc1cc(-c2ncc3c(C4CC5CCC(C4)N5C(=O)OCc4ccccc4)nc(OC[C@@]45CCCN4C[C@H](F)C5)nc3c2F)c2c(F)c(F)ccc2c1. The first-order chi connectivity index (χ1) is 27.2. The van der Waals surface area contributed by atoms with Crippen LogP contribution in [0.1, 0.15) is 62.1 Å². The van der Waals surface area contributed by atoms with Gasteiger partial charge in [-0.25, -0.2) is 22.4 Å². The molecular formula is C42H41F4N5O5. The molecule has 292 valence electrons. The van der Waals surface area contributed by atoms with Crippen molar-refractivity contribution in [3.8, 4) is 23.0 Å². The lowest BCUT2D eigenvalue weighted by Gasteiger charge is -2.38. The second-order valence-electron chi connectivity index (χ2n) is 15.4. The first-order valence-corrected chi connectivity index (χ1v) is 19.1. The number of benzene rings is 3. The Hall–Kier alpha value is -5.08. The maximum absolute atomic E-state index is 17.2. The highest BCUT2D eigenvalue weighted by molar-refractivity contribution is 5.99. The highest BCUT2D eigenvalue weighted by Gasteiger charge is 2.50. The van der Waals surface area contributed by atoms with E-state index in [-0.39, 0.29) is 83.4 Å². The first kappa shape index (κ1) is 36.6. The van der Waals surface area contributed by atoms with Crippen LogP contribution in [0.25, 0.3) is 32.9 Å². The number of aromatic nitrogens is 3. The van der Waals surface area contributed by atoms with Crippen molar-refractivity contribution in [2.75, 3.05) is 33.6 Å². The number of amides is 1. The molecule has 0 saturated carbocycles. The van der Waals surface area contributed by atoms with Crippen molar-refractivity contribution >= 4 is 27.8 Å². The zero-order valence-corrected chi connectivity index (χ0v) is 30.9. The number of piperidine rings is 1. The third-order valence-electron chi connectivity index (χ3n) is 12.0. The fourth-order valence-corrected chi connectivity index (χ4v) is 9.53. The lowest BCUT2D eigenvalue weighted by molar-refractivity contribution is 0.0512. The van der Waals surface area contributed by atoms with Crippen LogP contribution >= 0.6 is 0 Å². The Morgan fingerprint density at radius 1 is 0.982 bits per heavy atom. The summed E-state index contributed by atoms with van der Waals surface area (Å²) in [7, 11) is 1.44. The van der Waals surface area contributed by atoms with Gasteiger partial charge in [-0.1, -0.05) is 36.4 Å². The van der Waals surface area contributed by atoms with Gasteiger partial charge in [0.05, 0.1) is 11.2 Å². The Morgan fingerprint density at radius 3 is 2.57 bits per heavy atom. The van der Waals surface area contributed by atoms with Crippen LogP contribution < -0.4 is 9.47 Å². The number of halogens is 4. The van der Waals surface area contributed by atoms with Crippen molar-refractivity contribution in [2.24, 2.45) is 0 Å². The van der Waals surface area contributed by atoms with Gasteiger partial charge in [0.1, 0.15) is 36.3 Å². The summed E-state index contributed by atoms with van der Waals surface area (Å²) in [5.41, 5.74) is 0.509. The topological polar surface area (TPSA) is 99.1 Å². The number of hydrogen-bond acceptors (Lipinski definition) is 9. The summed E-state index contributed by atoms with van der Waals surface area (Å²) in [6.07, 6.45) is 4.77. The van der Waals surface area contributed by atoms with Crippen molar-refractivity contribution in [3.63, 3.8) is 0 Å². The molecule has 6 heterocycles. The average molecular weight is 772 g/mol. The third-order valence-corrected chi connectivity index (χ3v) is 12.0. The minimum Gasteiger partial charge on any atom is -0.468 e. The lowest BCUT2D eigenvalue weighted by Crippen LogP contribution is -2.46. The van der Waals surface area contributed by atoms with E-state index in [1.54, 1.807) is 0 Å². The van der Waals surface area contributed by atoms with Gasteiger partial charge >= 0.3 is 12.1 Å². The summed E-state index contributed by atoms with van der Waals surface area (Å²) in [5, 5.41) is 0.446. The highest BCUT2D eigenvalue weighted by Crippen LogP contribution is 2.46. The number of methoxy groups -OCH3 is 1. The zero-order valence-electron chi connectivity index (χ0n) is 30.9. The molecule has 0 N–H and O–H groups in total. The molecule has 14 heteroatoms. The molecule has 5 aromatic rings. The normalized spacial score (nSPS) is 24.6. The van der Waals surface area contributed by atoms with Crippen molar-refractivity contribution in [1.82, 2.24) is 24.8 Å². The molecule has 3 aromatic carbocycles. The van der Waals surface area contributed by atoms with E-state index >= 15 is 8.78 Å². The van der Waals surface area contributed by atoms with Crippen molar-refractivity contribution in [2.45, 2.75) is 81.3 Å². The standard InChI is InChI=1S/C42H41F4N5O5/c1-53-23-56-30-16-25-8-11-33(44)35(45)34(25)31(17-30)38-36(46)39-32(19-47-38)37(48-40(49-39)55-22-42-12-5-13-50(42)20-27(43)18-42)26-14-28-9-10-29(15-26)51(28)41(52)54-21-24-6-3-2-4-7-24/h2-4,6-8,11,16-17,19,26-29H,5,9-10,12-15,18,20-23H2,1H3/t26?,27-,28?,29?,42+/m1/s1. The highest BCUT2D eigenvalue weighted by atomic mass is 19.2. The molecule has 1 amide bonds. The fourth-order valence-electron chi connectivity index (χ4n) is 9.53. The van der Waals surface area contributed by atoms with E-state index in [1.165, 1.54) is 31.5 Å². The maximum Gasteiger partial charge on any atom is 0.410 e. The molecule has 0 spiro atoms. The monoisotopic (exact) mass is 771 g/mol. The number of ether oxygens (including phenoxy) is 4. The van der Waals surface area contributed by atoms with Gasteiger partial charge < -0.3 is 23.8 Å². The molecule has 56 heavy (non-hydrogen) atoms. The van der Waals surface area contributed by atoms with Gasteiger partial charge in [0.25, 0.3) is 0 Å². The number of fused-ring (bicyclic) bond motifs is 5. The Bertz CT molecular complexity index is 2290. The number of rotatable bonds is 10. The maximum atomic E-state index is 17.2. The van der Waals surface area contributed by atoms with E-state index in [9.17, 15) is 13.6 Å². The summed E-state index contributed by atoms with van der Waals surface area (Å²) in [6, 6.07) is 14.5. The van der Waals surface area contributed by atoms with Crippen molar-refractivity contribution in [3.05, 3.63) is 89.5 Å². The molecule has 4 aliphatic heterocycles. The first-order valence-electron chi connectivity index (χ1n) is 19.1. The molecule has 4 saturated heterocycles. The van der Waals surface area contributed by atoms with Gasteiger partial charge in [-0.2, -0.15) is 9.97 Å². The van der Waals surface area contributed by atoms with E-state index in [0.29, 0.717) is 36.9 Å². The van der Waals surface area contributed by atoms with Gasteiger partial charge in [0.2, 0.25) is 0 Å². The summed E-state index contributed by atoms with van der Waals surface area (Å²) in [5.74, 6) is -3.11. The fraction of sp³-hybridized carbons (Fsp3) is 0.429. The number of nitrogens with zero attached hydrogens (tertiary/aromatic N) is 5. The smallest absolute Gasteiger partial charge is 0.410 e. The zero-order chi connectivity index (χ0) is 38.6. The molecule has 4 aliphatic rings. The number of alkyl halides is 1. The minimum atomic E-state index is -1.16. The van der Waals surface area contributed by atoms with Crippen LogP contribution in [0.3, 0.4) is 0 Å². The summed E-state index contributed by atoms with van der Waals surface area (Å²) >= 11 is 0. The van der Waals surface area contributed by atoms with Crippen LogP contribution in [-0.2, 0) is 16.1 Å². The predicted octanol–water partition coefficient (Wildman–Crippen LogP) is 8.25. The molecule has 4 atom stereocenters. The van der Waals surface area contributed by atoms with Gasteiger partial charge in [0.15, 0.2) is 24.2 Å². The molecular weight excluding hydrogens is 730 g/mol. The molecule has 2 unspecified atom stereocenters. The van der Waals surface area contributed by atoms with Gasteiger partial charge in [0, 0.05) is 60.6 Å². The van der Waals surface area contributed by atoms with E-state index in [4.69, 9.17) is 23.9 Å². The molecule has 9 rings (SSSR count). The van der Waals surface area contributed by atoms with Crippen LogP contribution in [0.5, 0.6) is 11.8 Å². The quantitative estimate of drug-likeness (QED) is 0.103. The van der Waals surface area contributed by atoms with E-state index in [2.05, 4.69) is 14.9 Å². The summed E-state index contributed by atoms with van der Waals surface area (Å²) < 4.78 is 84.8. The Balaban J connectivity index is 1.10. The largest absolute Gasteiger partial charge is 0.468 e. The molecule has 2 aromatic heterocycles. The molecule has 10 nitrogen and oxygen atoms in total. The minimum absolute atomic E-state index is 0.0339. The molecule has 4 fully saturated rings. The van der Waals surface area contributed by atoms with Crippen LogP contribution in [0, 0.1) is 17.5 Å². The van der Waals surface area contributed by atoms with Crippen molar-refractivity contribution < 1.29 is 41.3 Å². The summed E-state index contributed by atoms with van der Waals surface area (Å²) in [6.45, 7) is 1.27. The van der Waals surface area contributed by atoms with Crippen LogP contribution in [0.2, 0.25) is 0 Å². The molecule has 2 bridgehead atoms. The number of hydrogen-bond donors (Lipinski definition) is 0. The second-order valence-corrected chi connectivity index (χ2v) is 15.4. The molecule has 0 radical (unpaired) electrons. The Labute approximate surface area is 320 Å². The van der Waals surface area contributed by atoms with Crippen LogP contribution in [0.15, 0.2) is 60.8 Å². The average Bonchev–Trinajstić information content (AvgIpc) is 3.83. The van der Waals surface area contributed by atoms with Gasteiger partial charge in [-0.05, 0) is 74.2 Å². The third kappa shape index (κ3) is 6.55. The van der Waals surface area contributed by atoms with E-state index in [0.717, 1.165) is 43.9 Å². The molecule has 0 aliphatic carbocycles. The number of carbonyl (C=O) groups excluding carboxylic acids is 1. The van der Waals surface area contributed by atoms with Crippen LogP contribution in [-0.4, -0.2) is 88.2 Å². The van der Waals surface area contributed by atoms with Crippen LogP contribution in [0.4, 0.5) is 22.4 Å². The second kappa shape index (κ2) is 14.8. The Morgan fingerprint density at radius 2 is 1.79 bits per heavy atom. The summed E-state index contributed by atoms with van der Waals surface area (Å²) in [4.78, 5) is 31.3. The lowest BCUT2D eigenvalue weighted by atomic mass is 9.86. The number of carbonyl (C=O) groups is 1. The van der Waals surface area contributed by atoms with E-state index in [1.807, 2.05) is 35.2 Å². The van der Waals surface area contributed by atoms with Gasteiger partial charge in [-0.15, -0.1) is 0 Å². The Kier molecular flexibility index (Phi) is 9.64. The van der Waals surface area contributed by atoms with Gasteiger partial charge in [-0.3, -0.25) is 9.88 Å². The van der Waals surface area contributed by atoms with E-state index < -0.39 is 29.2 Å².